The monoisotopic (exact) mass is 236 g/mol. The minimum atomic E-state index is -3.08. The van der Waals surface area contributed by atoms with Crippen molar-refractivity contribution < 1.29 is 8.42 Å². The average Bonchev–Trinajstić information content (AvgIpc) is 2.22. The molecule has 1 N–H and O–H groups in total. The van der Waals surface area contributed by atoms with Crippen molar-refractivity contribution >= 4 is 10.0 Å². The third-order valence-electron chi connectivity index (χ3n) is 2.61. The number of nitrogens with zero attached hydrogens (tertiary/aromatic N) is 1. The molecule has 0 aliphatic carbocycles. The molecule has 0 aromatic heterocycles. The minimum absolute atomic E-state index is 0.0844. The van der Waals surface area contributed by atoms with Crippen LogP contribution >= 0.6 is 0 Å². The Kier molecular flexibility index (Phi) is 7.13. The first-order valence-corrected chi connectivity index (χ1v) is 7.23. The molecule has 15 heavy (non-hydrogen) atoms. The van der Waals surface area contributed by atoms with Gasteiger partial charge in [-0.25, -0.2) is 12.7 Å². The Morgan fingerprint density at radius 2 is 1.87 bits per heavy atom. The molecular formula is C10H24N2O2S. The van der Waals surface area contributed by atoms with Gasteiger partial charge in [-0.3, -0.25) is 0 Å². The van der Waals surface area contributed by atoms with Gasteiger partial charge in [0.2, 0.25) is 10.0 Å². The zero-order valence-corrected chi connectivity index (χ0v) is 11.1. The van der Waals surface area contributed by atoms with Gasteiger partial charge >= 0.3 is 0 Å². The van der Waals surface area contributed by atoms with E-state index in [1.807, 2.05) is 13.8 Å². The molecule has 0 aliphatic rings. The molecule has 0 radical (unpaired) electrons. The average molecular weight is 236 g/mol. The lowest BCUT2D eigenvalue weighted by atomic mass is 10.3. The maximum absolute atomic E-state index is 11.8. The second kappa shape index (κ2) is 7.19. The second-order valence-corrected chi connectivity index (χ2v) is 5.99. The molecule has 0 amide bonds. The molecule has 1 atom stereocenters. The number of hydrogen-bond acceptors (Lipinski definition) is 3. The lowest BCUT2D eigenvalue weighted by Crippen LogP contribution is -2.38. The Morgan fingerprint density at radius 1 is 1.27 bits per heavy atom. The van der Waals surface area contributed by atoms with Crippen molar-refractivity contribution in [3.05, 3.63) is 0 Å². The highest BCUT2D eigenvalue weighted by atomic mass is 32.2. The fourth-order valence-electron chi connectivity index (χ4n) is 1.18. The summed E-state index contributed by atoms with van der Waals surface area (Å²) in [6, 6.07) is 0.0844. The molecule has 0 spiro atoms. The van der Waals surface area contributed by atoms with Crippen LogP contribution in [-0.4, -0.2) is 44.7 Å². The molecule has 1 unspecified atom stereocenters. The Bertz CT molecular complexity index is 252. The van der Waals surface area contributed by atoms with E-state index in [0.29, 0.717) is 6.54 Å². The van der Waals surface area contributed by atoms with E-state index in [9.17, 15) is 8.42 Å². The van der Waals surface area contributed by atoms with Crippen LogP contribution in [0.1, 0.15) is 33.6 Å². The van der Waals surface area contributed by atoms with Crippen molar-refractivity contribution in [2.24, 2.45) is 0 Å². The minimum Gasteiger partial charge on any atom is -0.316 e. The van der Waals surface area contributed by atoms with Gasteiger partial charge in [-0.05, 0) is 26.3 Å². The lowest BCUT2D eigenvalue weighted by Gasteiger charge is -2.23. The van der Waals surface area contributed by atoms with E-state index >= 15 is 0 Å². The number of nitrogens with one attached hydrogen (secondary N) is 1. The van der Waals surface area contributed by atoms with Gasteiger partial charge in [0.05, 0.1) is 5.75 Å². The van der Waals surface area contributed by atoms with Crippen LogP contribution < -0.4 is 5.32 Å². The first-order valence-electron chi connectivity index (χ1n) is 5.62. The van der Waals surface area contributed by atoms with E-state index in [1.54, 1.807) is 7.05 Å². The molecule has 0 fully saturated rings. The SMILES string of the molecule is CCCNCCS(=O)(=O)N(C)C(C)CC. The van der Waals surface area contributed by atoms with Gasteiger partial charge in [0.25, 0.3) is 0 Å². The molecule has 92 valence electrons. The highest BCUT2D eigenvalue weighted by Crippen LogP contribution is 2.06. The summed E-state index contributed by atoms with van der Waals surface area (Å²) in [7, 11) is -1.43. The molecule has 0 bridgehead atoms. The molecule has 5 heteroatoms. The smallest absolute Gasteiger partial charge is 0.215 e. The summed E-state index contributed by atoms with van der Waals surface area (Å²) < 4.78 is 25.0. The maximum Gasteiger partial charge on any atom is 0.215 e. The van der Waals surface area contributed by atoms with Crippen molar-refractivity contribution in [1.82, 2.24) is 9.62 Å². The van der Waals surface area contributed by atoms with Crippen molar-refractivity contribution in [1.29, 1.82) is 0 Å². The summed E-state index contributed by atoms with van der Waals surface area (Å²) in [5, 5.41) is 3.10. The molecule has 0 rings (SSSR count). The summed E-state index contributed by atoms with van der Waals surface area (Å²) in [5.41, 5.74) is 0. The van der Waals surface area contributed by atoms with Crippen molar-refractivity contribution in [3.8, 4) is 0 Å². The van der Waals surface area contributed by atoms with Crippen LogP contribution in [0.25, 0.3) is 0 Å². The van der Waals surface area contributed by atoms with Gasteiger partial charge in [-0.1, -0.05) is 13.8 Å². The largest absolute Gasteiger partial charge is 0.316 e. The molecule has 0 aromatic carbocycles. The molecule has 0 heterocycles. The van der Waals surface area contributed by atoms with E-state index in [2.05, 4.69) is 12.2 Å². The fraction of sp³-hybridized carbons (Fsp3) is 1.00. The Balaban J connectivity index is 4.06. The third kappa shape index (κ3) is 5.49. The maximum atomic E-state index is 11.8. The van der Waals surface area contributed by atoms with Gasteiger partial charge in [0.1, 0.15) is 0 Å². The van der Waals surface area contributed by atoms with Crippen LogP contribution in [0.3, 0.4) is 0 Å². The third-order valence-corrected chi connectivity index (χ3v) is 4.57. The zero-order valence-electron chi connectivity index (χ0n) is 10.3. The van der Waals surface area contributed by atoms with Crippen molar-refractivity contribution in [2.45, 2.75) is 39.7 Å². The fourth-order valence-corrected chi connectivity index (χ4v) is 2.57. The van der Waals surface area contributed by atoms with Crippen LogP contribution in [0, 0.1) is 0 Å². The Hall–Kier alpha value is -0.130. The second-order valence-electron chi connectivity index (χ2n) is 3.84. The predicted octanol–water partition coefficient (Wildman–Crippen LogP) is 1.05. The predicted molar refractivity (Wildman–Crippen MR) is 64.5 cm³/mol. The van der Waals surface area contributed by atoms with E-state index in [4.69, 9.17) is 0 Å². The van der Waals surface area contributed by atoms with Crippen LogP contribution in [0.15, 0.2) is 0 Å². The van der Waals surface area contributed by atoms with Crippen LogP contribution in [0.2, 0.25) is 0 Å². The first kappa shape index (κ1) is 14.9. The van der Waals surface area contributed by atoms with E-state index in [-0.39, 0.29) is 11.8 Å². The zero-order chi connectivity index (χ0) is 11.9. The van der Waals surface area contributed by atoms with Gasteiger partial charge in [0.15, 0.2) is 0 Å². The molecule has 4 nitrogen and oxygen atoms in total. The van der Waals surface area contributed by atoms with E-state index < -0.39 is 10.0 Å². The molecule has 0 saturated carbocycles. The molecule has 0 aromatic rings. The van der Waals surface area contributed by atoms with Gasteiger partial charge < -0.3 is 5.32 Å². The molecular weight excluding hydrogens is 212 g/mol. The van der Waals surface area contributed by atoms with Crippen LogP contribution in [-0.2, 0) is 10.0 Å². The van der Waals surface area contributed by atoms with Crippen LogP contribution in [0.4, 0.5) is 0 Å². The summed E-state index contributed by atoms with van der Waals surface area (Å²) in [6.07, 6.45) is 1.87. The summed E-state index contributed by atoms with van der Waals surface area (Å²) in [4.78, 5) is 0. The van der Waals surface area contributed by atoms with Gasteiger partial charge in [-0.2, -0.15) is 0 Å². The number of hydrogen-bond donors (Lipinski definition) is 1. The summed E-state index contributed by atoms with van der Waals surface area (Å²) in [6.45, 7) is 7.40. The van der Waals surface area contributed by atoms with Crippen LogP contribution in [0.5, 0.6) is 0 Å². The van der Waals surface area contributed by atoms with E-state index in [0.717, 1.165) is 19.4 Å². The first-order chi connectivity index (χ1) is 6.95. The van der Waals surface area contributed by atoms with Crippen molar-refractivity contribution in [3.63, 3.8) is 0 Å². The number of rotatable bonds is 8. The highest BCUT2D eigenvalue weighted by molar-refractivity contribution is 7.89. The molecule has 0 aliphatic heterocycles. The standard InChI is InChI=1S/C10H24N2O2S/c1-5-7-11-8-9-15(13,14)12(4)10(3)6-2/h10-11H,5-9H2,1-4H3. The lowest BCUT2D eigenvalue weighted by molar-refractivity contribution is 0.380. The summed E-state index contributed by atoms with van der Waals surface area (Å²) in [5.74, 6) is 0.188. The topological polar surface area (TPSA) is 49.4 Å². The molecule has 0 saturated heterocycles. The number of sulfonamides is 1. The van der Waals surface area contributed by atoms with Crippen molar-refractivity contribution in [2.75, 3.05) is 25.9 Å². The normalized spacial score (nSPS) is 14.5. The Labute approximate surface area is 94.1 Å². The quantitative estimate of drug-likeness (QED) is 0.641. The highest BCUT2D eigenvalue weighted by Gasteiger charge is 2.21. The Morgan fingerprint density at radius 3 is 2.33 bits per heavy atom. The van der Waals surface area contributed by atoms with Gasteiger partial charge in [-0.15, -0.1) is 0 Å². The summed E-state index contributed by atoms with van der Waals surface area (Å²) >= 11 is 0. The van der Waals surface area contributed by atoms with Gasteiger partial charge in [0, 0.05) is 19.6 Å². The van der Waals surface area contributed by atoms with E-state index in [1.165, 1.54) is 4.31 Å².